The van der Waals surface area contributed by atoms with Crippen molar-refractivity contribution in [2.24, 2.45) is 5.10 Å². The first-order valence-electron chi connectivity index (χ1n) is 8.14. The average Bonchev–Trinajstić information content (AvgIpc) is 3.17. The Labute approximate surface area is 159 Å². The number of rotatable bonds is 6. The molecule has 0 bridgehead atoms. The Morgan fingerprint density at radius 2 is 1.96 bits per heavy atom. The van der Waals surface area contributed by atoms with Crippen molar-refractivity contribution in [3.05, 3.63) is 76.5 Å². The van der Waals surface area contributed by atoms with E-state index in [-0.39, 0.29) is 11.4 Å². The topological polar surface area (TPSA) is 119 Å². The number of nitrogens with zero attached hydrogens (tertiary/aromatic N) is 2. The van der Waals surface area contributed by atoms with E-state index in [0.29, 0.717) is 22.8 Å². The lowest BCUT2D eigenvalue weighted by atomic mass is 10.1. The van der Waals surface area contributed by atoms with E-state index < -0.39 is 11.0 Å². The van der Waals surface area contributed by atoms with Crippen LogP contribution in [0.15, 0.2) is 70.2 Å². The van der Waals surface area contributed by atoms with Crippen molar-refractivity contribution in [3.8, 4) is 17.1 Å². The number of anilines is 1. The summed E-state index contributed by atoms with van der Waals surface area (Å²) in [4.78, 5) is 22.2. The summed E-state index contributed by atoms with van der Waals surface area (Å²) < 4.78 is 10.7. The molecule has 0 atom stereocenters. The molecule has 9 nitrogen and oxygen atoms in total. The summed E-state index contributed by atoms with van der Waals surface area (Å²) in [6.45, 7) is 0. The maximum Gasteiger partial charge on any atom is 0.339 e. The number of benzene rings is 2. The fourth-order valence-electron chi connectivity index (χ4n) is 2.39. The van der Waals surface area contributed by atoms with Gasteiger partial charge in [0, 0.05) is 17.3 Å². The van der Waals surface area contributed by atoms with Crippen LogP contribution in [0.3, 0.4) is 0 Å². The minimum absolute atomic E-state index is 0.131. The molecule has 28 heavy (non-hydrogen) atoms. The number of methoxy groups -OCH3 is 1. The molecule has 1 aromatic heterocycles. The number of carbonyl (C=O) groups is 1. The summed E-state index contributed by atoms with van der Waals surface area (Å²) in [5.41, 5.74) is 3.45. The minimum atomic E-state index is -0.519. The van der Waals surface area contributed by atoms with E-state index in [1.54, 1.807) is 42.5 Å². The molecular formula is C19H16N4O5. The molecule has 3 rings (SSSR count). The van der Waals surface area contributed by atoms with Crippen molar-refractivity contribution in [2.45, 2.75) is 0 Å². The molecule has 0 spiro atoms. The monoisotopic (exact) mass is 380 g/mol. The molecule has 1 heterocycles. The number of nitro benzene ring substituents is 1. The maximum absolute atomic E-state index is 11.8. The number of carbonyl (C=O) groups excluding carboxylic acids is 1. The van der Waals surface area contributed by atoms with Crippen molar-refractivity contribution in [1.29, 1.82) is 0 Å². The summed E-state index contributed by atoms with van der Waals surface area (Å²) in [5.74, 6) is 1.00. The van der Waals surface area contributed by atoms with Crippen LogP contribution in [0.4, 0.5) is 16.2 Å². The van der Waals surface area contributed by atoms with E-state index in [2.05, 4.69) is 15.8 Å². The number of urea groups is 1. The van der Waals surface area contributed by atoms with Crippen LogP contribution >= 0.6 is 0 Å². The van der Waals surface area contributed by atoms with E-state index in [9.17, 15) is 14.9 Å². The summed E-state index contributed by atoms with van der Waals surface area (Å²) in [6, 6.07) is 16.2. The Kier molecular flexibility index (Phi) is 5.66. The van der Waals surface area contributed by atoms with Gasteiger partial charge in [-0.1, -0.05) is 18.2 Å². The van der Waals surface area contributed by atoms with Crippen LogP contribution in [0.2, 0.25) is 0 Å². The van der Waals surface area contributed by atoms with Crippen molar-refractivity contribution in [3.63, 3.8) is 0 Å². The molecule has 9 heteroatoms. The number of ether oxygens (including phenoxy) is 1. The highest BCUT2D eigenvalue weighted by molar-refractivity contribution is 5.90. The predicted molar refractivity (Wildman–Crippen MR) is 104 cm³/mol. The highest BCUT2D eigenvalue weighted by Crippen LogP contribution is 2.32. The Hall–Kier alpha value is -4.14. The van der Waals surface area contributed by atoms with Gasteiger partial charge in [0.15, 0.2) is 5.75 Å². The third-order valence-corrected chi connectivity index (χ3v) is 3.68. The van der Waals surface area contributed by atoms with E-state index in [4.69, 9.17) is 9.15 Å². The van der Waals surface area contributed by atoms with Gasteiger partial charge in [0.05, 0.1) is 18.2 Å². The quantitative estimate of drug-likeness (QED) is 0.380. The lowest BCUT2D eigenvalue weighted by Crippen LogP contribution is -2.24. The molecule has 2 aromatic carbocycles. The second-order valence-corrected chi connectivity index (χ2v) is 5.54. The van der Waals surface area contributed by atoms with Crippen molar-refractivity contribution < 1.29 is 18.9 Å². The Morgan fingerprint density at radius 1 is 1.18 bits per heavy atom. The van der Waals surface area contributed by atoms with Gasteiger partial charge in [0.2, 0.25) is 0 Å². The predicted octanol–water partition coefficient (Wildman–Crippen LogP) is 4.02. The van der Waals surface area contributed by atoms with Crippen LogP contribution < -0.4 is 15.5 Å². The van der Waals surface area contributed by atoms with Crippen molar-refractivity contribution in [2.75, 3.05) is 12.4 Å². The van der Waals surface area contributed by atoms with E-state index in [0.717, 1.165) is 0 Å². The highest BCUT2D eigenvalue weighted by atomic mass is 16.6. The van der Waals surface area contributed by atoms with Crippen LogP contribution in [0, 0.1) is 10.1 Å². The Bertz CT molecular complexity index is 1010. The van der Waals surface area contributed by atoms with Gasteiger partial charge in [0.1, 0.15) is 11.5 Å². The molecule has 0 radical (unpaired) electrons. The first-order chi connectivity index (χ1) is 13.6. The van der Waals surface area contributed by atoms with E-state index >= 15 is 0 Å². The normalized spacial score (nSPS) is 10.6. The zero-order chi connectivity index (χ0) is 19.9. The van der Waals surface area contributed by atoms with Gasteiger partial charge in [-0.3, -0.25) is 10.1 Å². The molecule has 0 unspecified atom stereocenters. The van der Waals surface area contributed by atoms with Gasteiger partial charge in [-0.15, -0.1) is 0 Å². The molecule has 0 fully saturated rings. The third-order valence-electron chi connectivity index (χ3n) is 3.68. The number of nitro groups is 1. The first-order valence-corrected chi connectivity index (χ1v) is 8.14. The molecule has 0 aliphatic rings. The van der Waals surface area contributed by atoms with Crippen molar-refractivity contribution >= 4 is 23.6 Å². The summed E-state index contributed by atoms with van der Waals surface area (Å²) >= 11 is 0. The Balaban J connectivity index is 1.65. The second kappa shape index (κ2) is 8.49. The minimum Gasteiger partial charge on any atom is -0.490 e. The Morgan fingerprint density at radius 3 is 2.68 bits per heavy atom. The molecule has 0 saturated carbocycles. The summed E-state index contributed by atoms with van der Waals surface area (Å²) in [7, 11) is 1.36. The molecule has 2 N–H and O–H groups in total. The van der Waals surface area contributed by atoms with Crippen LogP contribution in [0.1, 0.15) is 5.76 Å². The summed E-state index contributed by atoms with van der Waals surface area (Å²) in [5, 5.41) is 17.4. The molecule has 142 valence electrons. The zero-order valence-corrected chi connectivity index (χ0v) is 14.8. The largest absolute Gasteiger partial charge is 0.490 e. The zero-order valence-electron chi connectivity index (χ0n) is 14.8. The fraction of sp³-hybridized carbons (Fsp3) is 0.0526. The van der Waals surface area contributed by atoms with Crippen LogP contribution in [-0.4, -0.2) is 24.3 Å². The van der Waals surface area contributed by atoms with Crippen LogP contribution in [0.25, 0.3) is 11.3 Å². The van der Waals surface area contributed by atoms with Gasteiger partial charge in [0.25, 0.3) is 0 Å². The highest BCUT2D eigenvalue weighted by Gasteiger charge is 2.16. The maximum atomic E-state index is 11.8. The number of hydrogen-bond acceptors (Lipinski definition) is 6. The van der Waals surface area contributed by atoms with Gasteiger partial charge in [-0.2, -0.15) is 5.10 Å². The van der Waals surface area contributed by atoms with Crippen LogP contribution in [-0.2, 0) is 0 Å². The molecule has 3 aromatic rings. The fourth-order valence-corrected chi connectivity index (χ4v) is 2.39. The molecular weight excluding hydrogens is 364 g/mol. The van der Waals surface area contributed by atoms with Gasteiger partial charge in [-0.05, 0) is 36.4 Å². The second-order valence-electron chi connectivity index (χ2n) is 5.54. The number of hydrogen-bond donors (Lipinski definition) is 2. The average molecular weight is 380 g/mol. The molecule has 0 aliphatic heterocycles. The molecule has 2 amide bonds. The van der Waals surface area contributed by atoms with E-state index in [1.807, 2.05) is 6.07 Å². The lowest BCUT2D eigenvalue weighted by molar-refractivity contribution is -0.385. The smallest absolute Gasteiger partial charge is 0.339 e. The number of amides is 2. The number of nitrogens with one attached hydrogen (secondary N) is 2. The summed E-state index contributed by atoms with van der Waals surface area (Å²) in [6.07, 6.45) is 1.34. The number of hydrazone groups is 1. The van der Waals surface area contributed by atoms with E-state index in [1.165, 1.54) is 25.5 Å². The van der Waals surface area contributed by atoms with Crippen LogP contribution in [0.5, 0.6) is 5.75 Å². The SMILES string of the molecule is COc1cc(-c2ccc(/C=N/NC(=O)Nc3ccccc3)o2)ccc1[N+](=O)[O-]. The van der Waals surface area contributed by atoms with Gasteiger partial charge < -0.3 is 14.5 Å². The van der Waals surface area contributed by atoms with Crippen molar-refractivity contribution in [1.82, 2.24) is 5.43 Å². The number of furan rings is 1. The standard InChI is InChI=1S/C19H16N4O5/c1-27-18-11-13(7-9-16(18)23(25)26)17-10-8-15(28-17)12-20-22-19(24)21-14-5-3-2-4-6-14/h2-12H,1H3,(H2,21,22,24)/b20-12+. The first kappa shape index (κ1) is 18.6. The molecule has 0 aliphatic carbocycles. The third kappa shape index (κ3) is 4.52. The molecule has 0 saturated heterocycles. The van der Waals surface area contributed by atoms with Gasteiger partial charge >= 0.3 is 11.7 Å². The lowest BCUT2D eigenvalue weighted by Gasteiger charge is -2.03. The number of para-hydroxylation sites is 1. The van der Waals surface area contributed by atoms with Gasteiger partial charge in [-0.25, -0.2) is 10.2 Å².